The van der Waals surface area contributed by atoms with Gasteiger partial charge < -0.3 is 5.32 Å². The van der Waals surface area contributed by atoms with Crippen LogP contribution in [0.2, 0.25) is 0 Å². The molecule has 0 aliphatic carbocycles. The van der Waals surface area contributed by atoms with E-state index in [0.717, 1.165) is 18.4 Å². The highest BCUT2D eigenvalue weighted by Crippen LogP contribution is 2.22. The normalized spacial score (nSPS) is 23.6. The molecular weight excluding hydrogens is 303 g/mol. The molecule has 0 bridgehead atoms. The van der Waals surface area contributed by atoms with E-state index in [0.29, 0.717) is 25.2 Å². The summed E-state index contributed by atoms with van der Waals surface area (Å²) in [6.07, 6.45) is 2.93. The average Bonchev–Trinajstić information content (AvgIpc) is 2.47. The molecule has 2 unspecified atom stereocenters. The fourth-order valence-electron chi connectivity index (χ4n) is 3.06. The molecule has 0 radical (unpaired) electrons. The Labute approximate surface area is 132 Å². The first kappa shape index (κ1) is 17.4. The van der Waals surface area contributed by atoms with Gasteiger partial charge >= 0.3 is 0 Å². The maximum absolute atomic E-state index is 13.8. The van der Waals surface area contributed by atoms with Crippen LogP contribution in [0.4, 0.5) is 4.39 Å². The lowest BCUT2D eigenvalue weighted by Crippen LogP contribution is -2.50. The number of sulfonamides is 1. The lowest BCUT2D eigenvalue weighted by molar-refractivity contribution is 0.201. The zero-order valence-electron chi connectivity index (χ0n) is 13.5. The summed E-state index contributed by atoms with van der Waals surface area (Å²) < 4.78 is 38.7. The van der Waals surface area contributed by atoms with Crippen molar-refractivity contribution in [2.75, 3.05) is 19.3 Å². The monoisotopic (exact) mass is 328 g/mol. The van der Waals surface area contributed by atoms with E-state index in [1.165, 1.54) is 12.3 Å². The number of hydrogen-bond acceptors (Lipinski definition) is 3. The van der Waals surface area contributed by atoms with Crippen molar-refractivity contribution in [2.24, 2.45) is 5.92 Å². The van der Waals surface area contributed by atoms with Crippen LogP contribution in [-0.4, -0.2) is 38.1 Å². The predicted octanol–water partition coefficient (Wildman–Crippen LogP) is 2.28. The molecule has 1 heterocycles. The van der Waals surface area contributed by atoms with Crippen molar-refractivity contribution < 1.29 is 12.8 Å². The number of nitrogens with one attached hydrogen (secondary N) is 1. The second kappa shape index (κ2) is 7.06. The molecule has 1 aromatic carbocycles. The number of hydrogen-bond donors (Lipinski definition) is 1. The molecule has 4 nitrogen and oxygen atoms in total. The molecule has 1 aliphatic heterocycles. The second-order valence-electron chi connectivity index (χ2n) is 6.16. The van der Waals surface area contributed by atoms with Gasteiger partial charge in [-0.2, -0.15) is 0 Å². The summed E-state index contributed by atoms with van der Waals surface area (Å²) in [4.78, 5) is 0. The van der Waals surface area contributed by atoms with Crippen LogP contribution < -0.4 is 5.32 Å². The fraction of sp³-hybridized carbons (Fsp3) is 0.625. The zero-order chi connectivity index (χ0) is 16.3. The molecular formula is C16H25FN2O2S. The van der Waals surface area contributed by atoms with Crippen molar-refractivity contribution in [3.63, 3.8) is 0 Å². The number of piperidine rings is 1. The van der Waals surface area contributed by atoms with E-state index in [4.69, 9.17) is 0 Å². The Kier molecular flexibility index (Phi) is 5.58. The molecule has 124 valence electrons. The minimum atomic E-state index is -3.13. The minimum absolute atomic E-state index is 0.195. The van der Waals surface area contributed by atoms with Crippen LogP contribution in [0.25, 0.3) is 0 Å². The highest BCUT2D eigenvalue weighted by Gasteiger charge is 2.31. The van der Waals surface area contributed by atoms with Gasteiger partial charge in [-0.25, -0.2) is 17.1 Å². The van der Waals surface area contributed by atoms with Crippen LogP contribution in [0.15, 0.2) is 18.2 Å². The van der Waals surface area contributed by atoms with E-state index in [1.54, 1.807) is 10.4 Å². The number of aryl methyl sites for hydroxylation is 1. The van der Waals surface area contributed by atoms with Gasteiger partial charge in [0.15, 0.2) is 0 Å². The molecule has 22 heavy (non-hydrogen) atoms. The van der Waals surface area contributed by atoms with E-state index in [1.807, 2.05) is 13.0 Å². The van der Waals surface area contributed by atoms with Gasteiger partial charge in [0, 0.05) is 31.2 Å². The van der Waals surface area contributed by atoms with Crippen LogP contribution in [0.3, 0.4) is 0 Å². The van der Waals surface area contributed by atoms with Crippen molar-refractivity contribution in [2.45, 2.75) is 39.3 Å². The number of halogens is 1. The first-order valence-corrected chi connectivity index (χ1v) is 9.59. The topological polar surface area (TPSA) is 49.4 Å². The van der Waals surface area contributed by atoms with E-state index in [2.05, 4.69) is 12.2 Å². The van der Waals surface area contributed by atoms with Gasteiger partial charge in [0.2, 0.25) is 10.0 Å². The summed E-state index contributed by atoms with van der Waals surface area (Å²) in [7, 11) is -3.13. The van der Waals surface area contributed by atoms with Crippen molar-refractivity contribution in [3.05, 3.63) is 35.1 Å². The molecule has 0 spiro atoms. The molecule has 6 heteroatoms. The molecule has 0 saturated carbocycles. The average molecular weight is 328 g/mol. The van der Waals surface area contributed by atoms with Crippen molar-refractivity contribution in [1.29, 1.82) is 0 Å². The van der Waals surface area contributed by atoms with Crippen LogP contribution in [0.1, 0.15) is 30.9 Å². The Morgan fingerprint density at radius 1 is 1.41 bits per heavy atom. The predicted molar refractivity (Wildman–Crippen MR) is 86.6 cm³/mol. The largest absolute Gasteiger partial charge is 0.309 e. The molecule has 1 saturated heterocycles. The van der Waals surface area contributed by atoms with Crippen molar-refractivity contribution >= 4 is 10.0 Å². The van der Waals surface area contributed by atoms with Crippen molar-refractivity contribution in [1.82, 2.24) is 9.62 Å². The van der Waals surface area contributed by atoms with E-state index < -0.39 is 10.0 Å². The Morgan fingerprint density at radius 2 is 2.14 bits per heavy atom. The van der Waals surface area contributed by atoms with E-state index in [-0.39, 0.29) is 17.8 Å². The van der Waals surface area contributed by atoms with Gasteiger partial charge in [-0.1, -0.05) is 31.0 Å². The summed E-state index contributed by atoms with van der Waals surface area (Å²) in [5.41, 5.74) is 1.71. The first-order valence-electron chi connectivity index (χ1n) is 7.74. The molecule has 1 aliphatic rings. The summed E-state index contributed by atoms with van der Waals surface area (Å²) in [6, 6.07) is 5.34. The third-order valence-electron chi connectivity index (χ3n) is 4.45. The van der Waals surface area contributed by atoms with Gasteiger partial charge in [-0.05, 0) is 25.3 Å². The molecule has 1 aromatic rings. The third-order valence-corrected chi connectivity index (χ3v) is 5.72. The first-order chi connectivity index (χ1) is 10.3. The van der Waals surface area contributed by atoms with Crippen LogP contribution in [0.5, 0.6) is 0 Å². The van der Waals surface area contributed by atoms with Crippen LogP contribution in [-0.2, 0) is 16.6 Å². The summed E-state index contributed by atoms with van der Waals surface area (Å²) in [6.45, 7) is 5.57. The maximum Gasteiger partial charge on any atom is 0.211 e. The molecule has 1 N–H and O–H groups in total. The molecule has 0 aromatic heterocycles. The van der Waals surface area contributed by atoms with Gasteiger partial charge in [0.25, 0.3) is 0 Å². The Hall–Kier alpha value is -0.980. The van der Waals surface area contributed by atoms with E-state index in [9.17, 15) is 12.8 Å². The summed E-state index contributed by atoms with van der Waals surface area (Å²) >= 11 is 0. The Bertz CT molecular complexity index is 619. The maximum atomic E-state index is 13.8. The van der Waals surface area contributed by atoms with Crippen LogP contribution in [0, 0.1) is 18.7 Å². The lowest BCUT2D eigenvalue weighted by Gasteiger charge is -2.37. The molecule has 0 amide bonds. The number of benzene rings is 1. The second-order valence-corrected chi connectivity index (χ2v) is 8.14. The highest BCUT2D eigenvalue weighted by atomic mass is 32.2. The quantitative estimate of drug-likeness (QED) is 0.902. The smallest absolute Gasteiger partial charge is 0.211 e. The number of nitrogens with zero attached hydrogens (tertiary/aromatic N) is 1. The van der Waals surface area contributed by atoms with Crippen molar-refractivity contribution in [3.8, 4) is 0 Å². The Morgan fingerprint density at radius 3 is 2.77 bits per heavy atom. The van der Waals surface area contributed by atoms with Gasteiger partial charge in [-0.3, -0.25) is 0 Å². The van der Waals surface area contributed by atoms with Gasteiger partial charge in [-0.15, -0.1) is 0 Å². The molecule has 2 rings (SSSR count). The molecule has 1 fully saturated rings. The molecule has 2 atom stereocenters. The minimum Gasteiger partial charge on any atom is -0.309 e. The van der Waals surface area contributed by atoms with Gasteiger partial charge in [0.1, 0.15) is 5.82 Å². The standard InChI is InChI=1S/C16H25FN2O2S/c1-4-13-11-19(22(3,20)21)8-7-16(13)18-10-14-9-12(2)5-6-15(14)17/h5-6,9,13,16,18H,4,7-8,10-11H2,1-3H3. The number of rotatable bonds is 5. The SMILES string of the molecule is CCC1CN(S(C)(=O)=O)CCC1NCc1cc(C)ccc1F. The lowest BCUT2D eigenvalue weighted by atomic mass is 9.91. The summed E-state index contributed by atoms with van der Waals surface area (Å²) in [5.74, 6) is 0.0658. The summed E-state index contributed by atoms with van der Waals surface area (Å²) in [5, 5.41) is 3.42. The zero-order valence-corrected chi connectivity index (χ0v) is 14.3. The fourth-order valence-corrected chi connectivity index (χ4v) is 3.96. The van der Waals surface area contributed by atoms with Crippen LogP contribution >= 0.6 is 0 Å². The van der Waals surface area contributed by atoms with Gasteiger partial charge in [0.05, 0.1) is 6.26 Å². The Balaban J connectivity index is 1.99. The third kappa shape index (κ3) is 4.27. The highest BCUT2D eigenvalue weighted by molar-refractivity contribution is 7.88. The van der Waals surface area contributed by atoms with E-state index >= 15 is 0 Å².